The van der Waals surface area contributed by atoms with Crippen molar-refractivity contribution in [2.75, 3.05) is 7.05 Å². The van der Waals surface area contributed by atoms with Crippen molar-refractivity contribution in [2.24, 2.45) is 0 Å². The smallest absolute Gasteiger partial charge is 0.254 e. The van der Waals surface area contributed by atoms with Crippen LogP contribution in [0.25, 0.3) is 0 Å². The number of aromatic nitrogens is 3. The summed E-state index contributed by atoms with van der Waals surface area (Å²) in [6, 6.07) is 4.45. The van der Waals surface area contributed by atoms with Crippen molar-refractivity contribution in [1.29, 1.82) is 0 Å². The molecule has 100 valence electrons. The molecule has 0 aliphatic heterocycles. The number of aryl methyl sites for hydroxylation is 2. The Morgan fingerprint density at radius 3 is 2.74 bits per heavy atom. The third-order valence-corrected chi connectivity index (χ3v) is 2.79. The van der Waals surface area contributed by atoms with Crippen molar-refractivity contribution < 1.29 is 9.18 Å². The number of hydrogen-bond acceptors (Lipinski definition) is 3. The predicted octanol–water partition coefficient (Wildman–Crippen LogP) is 1.83. The number of benzene rings is 1. The number of halogens is 1. The molecule has 0 spiro atoms. The molecular weight excluding hydrogens is 247 g/mol. The number of amides is 1. The monoisotopic (exact) mass is 262 g/mol. The van der Waals surface area contributed by atoms with Crippen LogP contribution in [0.1, 0.15) is 27.6 Å². The molecule has 1 N–H and O–H groups in total. The number of rotatable bonds is 3. The van der Waals surface area contributed by atoms with Crippen LogP contribution < -0.4 is 0 Å². The quantitative estimate of drug-likeness (QED) is 0.918. The van der Waals surface area contributed by atoms with Gasteiger partial charge in [-0.15, -0.1) is 0 Å². The maximum absolute atomic E-state index is 13.4. The molecule has 5 nitrogen and oxygen atoms in total. The zero-order valence-corrected chi connectivity index (χ0v) is 11.1. The molecule has 0 aliphatic rings. The molecule has 0 aliphatic carbocycles. The Morgan fingerprint density at radius 1 is 1.42 bits per heavy atom. The van der Waals surface area contributed by atoms with Gasteiger partial charge in [-0.2, -0.15) is 5.10 Å². The molecule has 1 aromatic heterocycles. The highest BCUT2D eigenvalue weighted by atomic mass is 19.1. The number of nitrogens with one attached hydrogen (secondary N) is 1. The zero-order chi connectivity index (χ0) is 14.0. The maximum atomic E-state index is 13.4. The average Bonchev–Trinajstić information content (AvgIpc) is 2.77. The summed E-state index contributed by atoms with van der Waals surface area (Å²) in [7, 11) is 1.63. The van der Waals surface area contributed by atoms with Crippen molar-refractivity contribution >= 4 is 5.91 Å². The fraction of sp³-hybridized carbons (Fsp3) is 0.308. The highest BCUT2D eigenvalue weighted by Gasteiger charge is 2.15. The minimum absolute atomic E-state index is 0.263. The first-order valence-electron chi connectivity index (χ1n) is 5.87. The van der Waals surface area contributed by atoms with Gasteiger partial charge in [-0.25, -0.2) is 9.37 Å². The maximum Gasteiger partial charge on any atom is 0.254 e. The Morgan fingerprint density at radius 2 is 2.16 bits per heavy atom. The third kappa shape index (κ3) is 2.96. The SMILES string of the molecule is Cc1nc(CN(C)C(=O)c2ccc(C)c(F)c2)n[nH]1. The van der Waals surface area contributed by atoms with Crippen LogP contribution in [0.5, 0.6) is 0 Å². The van der Waals surface area contributed by atoms with Crippen LogP contribution in [0.2, 0.25) is 0 Å². The standard InChI is InChI=1S/C13H15FN4O/c1-8-4-5-10(6-11(8)14)13(19)18(3)7-12-15-9(2)16-17-12/h4-6H,7H2,1-3H3,(H,15,16,17). The van der Waals surface area contributed by atoms with Gasteiger partial charge in [0.1, 0.15) is 11.6 Å². The van der Waals surface area contributed by atoms with Crippen LogP contribution in [0.15, 0.2) is 18.2 Å². The predicted molar refractivity (Wildman–Crippen MR) is 68.1 cm³/mol. The molecular formula is C13H15FN4O. The van der Waals surface area contributed by atoms with E-state index >= 15 is 0 Å². The van der Waals surface area contributed by atoms with Gasteiger partial charge in [-0.05, 0) is 31.5 Å². The molecule has 0 radical (unpaired) electrons. The van der Waals surface area contributed by atoms with Crippen molar-refractivity contribution in [3.8, 4) is 0 Å². The molecule has 2 aromatic rings. The Balaban J connectivity index is 2.12. The first-order chi connectivity index (χ1) is 8.97. The zero-order valence-electron chi connectivity index (χ0n) is 11.1. The minimum Gasteiger partial charge on any atom is -0.334 e. The first kappa shape index (κ1) is 13.2. The Bertz CT molecular complexity index is 608. The summed E-state index contributed by atoms with van der Waals surface area (Å²) < 4.78 is 13.4. The lowest BCUT2D eigenvalue weighted by atomic mass is 10.1. The number of hydrogen-bond donors (Lipinski definition) is 1. The molecule has 1 aromatic carbocycles. The van der Waals surface area contributed by atoms with Gasteiger partial charge < -0.3 is 4.90 Å². The summed E-state index contributed by atoms with van der Waals surface area (Å²) in [6.07, 6.45) is 0. The normalized spacial score (nSPS) is 10.5. The molecule has 2 rings (SSSR count). The average molecular weight is 262 g/mol. The van der Waals surface area contributed by atoms with Crippen molar-refractivity contribution in [3.05, 3.63) is 46.8 Å². The van der Waals surface area contributed by atoms with Crippen LogP contribution in [0.4, 0.5) is 4.39 Å². The lowest BCUT2D eigenvalue weighted by Gasteiger charge is -2.15. The van der Waals surface area contributed by atoms with Gasteiger partial charge >= 0.3 is 0 Å². The lowest BCUT2D eigenvalue weighted by molar-refractivity contribution is 0.0781. The number of carbonyl (C=O) groups is 1. The number of carbonyl (C=O) groups excluding carboxylic acids is 1. The van der Waals surface area contributed by atoms with E-state index in [0.29, 0.717) is 22.8 Å². The van der Waals surface area contributed by atoms with Gasteiger partial charge in [0.2, 0.25) is 0 Å². The summed E-state index contributed by atoms with van der Waals surface area (Å²) in [5.41, 5.74) is 0.835. The number of H-pyrrole nitrogens is 1. The topological polar surface area (TPSA) is 61.9 Å². The second-order valence-corrected chi connectivity index (χ2v) is 4.46. The Hall–Kier alpha value is -2.24. The van der Waals surface area contributed by atoms with Gasteiger partial charge in [-0.1, -0.05) is 6.07 Å². The van der Waals surface area contributed by atoms with Gasteiger partial charge in [0, 0.05) is 12.6 Å². The second kappa shape index (κ2) is 5.17. The summed E-state index contributed by atoms with van der Waals surface area (Å²) in [5, 5.41) is 6.67. The van der Waals surface area contributed by atoms with Crippen LogP contribution in [0.3, 0.4) is 0 Å². The Labute approximate surface area is 110 Å². The molecule has 0 saturated carbocycles. The van der Waals surface area contributed by atoms with Crippen LogP contribution in [-0.4, -0.2) is 33.0 Å². The van der Waals surface area contributed by atoms with Crippen LogP contribution in [-0.2, 0) is 6.54 Å². The van der Waals surface area contributed by atoms with Crippen LogP contribution in [0, 0.1) is 19.7 Å². The lowest BCUT2D eigenvalue weighted by Crippen LogP contribution is -2.26. The molecule has 1 heterocycles. The highest BCUT2D eigenvalue weighted by molar-refractivity contribution is 5.94. The van der Waals surface area contributed by atoms with Crippen molar-refractivity contribution in [3.63, 3.8) is 0 Å². The van der Waals surface area contributed by atoms with Crippen LogP contribution >= 0.6 is 0 Å². The minimum atomic E-state index is -0.381. The Kier molecular flexibility index (Phi) is 3.59. The van der Waals surface area contributed by atoms with E-state index in [4.69, 9.17) is 0 Å². The summed E-state index contributed by atoms with van der Waals surface area (Å²) in [6.45, 7) is 3.72. The molecule has 6 heteroatoms. The van der Waals surface area contributed by atoms with Gasteiger partial charge in [0.15, 0.2) is 5.82 Å². The van der Waals surface area contributed by atoms with Gasteiger partial charge in [-0.3, -0.25) is 9.89 Å². The molecule has 0 atom stereocenters. The molecule has 19 heavy (non-hydrogen) atoms. The van der Waals surface area contributed by atoms with E-state index in [-0.39, 0.29) is 18.3 Å². The van der Waals surface area contributed by atoms with E-state index in [1.807, 2.05) is 0 Å². The van der Waals surface area contributed by atoms with E-state index < -0.39 is 0 Å². The number of aromatic amines is 1. The summed E-state index contributed by atoms with van der Waals surface area (Å²) >= 11 is 0. The molecule has 0 bridgehead atoms. The molecule has 0 fully saturated rings. The largest absolute Gasteiger partial charge is 0.334 e. The van der Waals surface area contributed by atoms with Crippen molar-refractivity contribution in [2.45, 2.75) is 20.4 Å². The fourth-order valence-electron chi connectivity index (χ4n) is 1.69. The van der Waals surface area contributed by atoms with Gasteiger partial charge in [0.25, 0.3) is 5.91 Å². The molecule has 0 saturated heterocycles. The fourth-order valence-corrected chi connectivity index (χ4v) is 1.69. The van der Waals surface area contributed by atoms with E-state index in [1.54, 1.807) is 33.0 Å². The van der Waals surface area contributed by atoms with Gasteiger partial charge in [0.05, 0.1) is 6.54 Å². The summed E-state index contributed by atoms with van der Waals surface area (Å²) in [5.74, 6) is 0.576. The second-order valence-electron chi connectivity index (χ2n) is 4.46. The van der Waals surface area contributed by atoms with E-state index in [0.717, 1.165) is 0 Å². The van der Waals surface area contributed by atoms with E-state index in [1.165, 1.54) is 11.0 Å². The molecule has 0 unspecified atom stereocenters. The third-order valence-electron chi connectivity index (χ3n) is 2.79. The van der Waals surface area contributed by atoms with E-state index in [2.05, 4.69) is 15.2 Å². The summed E-state index contributed by atoms with van der Waals surface area (Å²) in [4.78, 5) is 17.7. The van der Waals surface area contributed by atoms with E-state index in [9.17, 15) is 9.18 Å². The number of nitrogens with zero attached hydrogens (tertiary/aromatic N) is 3. The van der Waals surface area contributed by atoms with Crippen molar-refractivity contribution in [1.82, 2.24) is 20.1 Å². The highest BCUT2D eigenvalue weighted by Crippen LogP contribution is 2.11. The first-order valence-corrected chi connectivity index (χ1v) is 5.87. The molecule has 1 amide bonds.